The van der Waals surface area contributed by atoms with Crippen molar-refractivity contribution < 1.29 is 0 Å². The molecule has 2 N–H and O–H groups in total. The topological polar surface area (TPSA) is 24.1 Å². The first kappa shape index (κ1) is 16.7. The van der Waals surface area contributed by atoms with Gasteiger partial charge < -0.3 is 10.6 Å². The molecule has 0 radical (unpaired) electrons. The van der Waals surface area contributed by atoms with Crippen molar-refractivity contribution in [3.63, 3.8) is 0 Å². The lowest BCUT2D eigenvalue weighted by Gasteiger charge is -2.12. The van der Waals surface area contributed by atoms with E-state index in [0.717, 1.165) is 18.0 Å². The number of hydrogen-bond acceptors (Lipinski definition) is 1. The molecule has 0 heterocycles. The summed E-state index contributed by atoms with van der Waals surface area (Å²) in [5, 5.41) is 10.5. The fraction of sp³-hybridized carbons (Fsp3) is 0.150. The molecule has 122 valence electrons. The molecule has 0 amide bonds. The van der Waals surface area contributed by atoms with Crippen molar-refractivity contribution in [3.8, 4) is 0 Å². The minimum Gasteiger partial charge on any atom is -0.362 e. The fourth-order valence-corrected chi connectivity index (χ4v) is 2.96. The summed E-state index contributed by atoms with van der Waals surface area (Å²) in [6, 6.07) is 22.6. The Morgan fingerprint density at radius 1 is 0.875 bits per heavy atom. The predicted molar refractivity (Wildman–Crippen MR) is 107 cm³/mol. The maximum atomic E-state index is 5.89. The van der Waals surface area contributed by atoms with Crippen molar-refractivity contribution in [3.05, 3.63) is 82.9 Å². The molecule has 0 aliphatic heterocycles. The van der Waals surface area contributed by atoms with Gasteiger partial charge >= 0.3 is 0 Å². The summed E-state index contributed by atoms with van der Waals surface area (Å²) < 4.78 is 0. The Bertz CT molecular complexity index is 825. The van der Waals surface area contributed by atoms with Crippen molar-refractivity contribution in [1.29, 1.82) is 0 Å². The normalized spacial score (nSPS) is 10.5. The molecule has 0 aromatic heterocycles. The molecule has 0 aliphatic carbocycles. The molecule has 0 unspecified atom stereocenters. The van der Waals surface area contributed by atoms with Crippen LogP contribution < -0.4 is 10.6 Å². The highest BCUT2D eigenvalue weighted by molar-refractivity contribution is 7.80. The first-order valence-electron chi connectivity index (χ1n) is 7.95. The standard InChI is InChI=1S/C20H19ClN2S/c21-18-10-8-15(9-11-18)12-13-22-20(24)23-14-17-6-3-5-16-4-1-2-7-19(16)17/h1-11H,12-14H2,(H2,22,23,24). The Labute approximate surface area is 152 Å². The lowest BCUT2D eigenvalue weighted by Crippen LogP contribution is -2.35. The molecular weight excluding hydrogens is 336 g/mol. The van der Waals surface area contributed by atoms with E-state index < -0.39 is 0 Å². The largest absolute Gasteiger partial charge is 0.362 e. The van der Waals surface area contributed by atoms with Crippen LogP contribution in [-0.2, 0) is 13.0 Å². The Morgan fingerprint density at radius 3 is 2.46 bits per heavy atom. The van der Waals surface area contributed by atoms with Gasteiger partial charge in [0.1, 0.15) is 0 Å². The molecule has 0 fully saturated rings. The molecule has 0 saturated heterocycles. The highest BCUT2D eigenvalue weighted by atomic mass is 35.5. The van der Waals surface area contributed by atoms with Gasteiger partial charge in [-0.05, 0) is 52.7 Å². The van der Waals surface area contributed by atoms with Crippen LogP contribution in [0.2, 0.25) is 5.02 Å². The summed E-state index contributed by atoms with van der Waals surface area (Å²) in [5.74, 6) is 0. The van der Waals surface area contributed by atoms with Gasteiger partial charge in [0, 0.05) is 18.1 Å². The molecule has 2 nitrogen and oxygen atoms in total. The smallest absolute Gasteiger partial charge is 0.166 e. The minimum absolute atomic E-state index is 0.678. The molecule has 3 aromatic carbocycles. The zero-order valence-electron chi connectivity index (χ0n) is 13.3. The van der Waals surface area contributed by atoms with E-state index in [1.165, 1.54) is 21.9 Å². The summed E-state index contributed by atoms with van der Waals surface area (Å²) in [6.45, 7) is 1.51. The lowest BCUT2D eigenvalue weighted by atomic mass is 10.0. The molecule has 24 heavy (non-hydrogen) atoms. The third-order valence-electron chi connectivity index (χ3n) is 3.93. The van der Waals surface area contributed by atoms with Crippen molar-refractivity contribution in [2.24, 2.45) is 0 Å². The number of hydrogen-bond donors (Lipinski definition) is 2. The minimum atomic E-state index is 0.678. The first-order chi connectivity index (χ1) is 11.7. The van der Waals surface area contributed by atoms with E-state index in [1.54, 1.807) is 0 Å². The van der Waals surface area contributed by atoms with Gasteiger partial charge in [-0.15, -0.1) is 0 Å². The molecule has 0 spiro atoms. The zero-order valence-corrected chi connectivity index (χ0v) is 14.8. The van der Waals surface area contributed by atoms with Crippen molar-refractivity contribution in [2.75, 3.05) is 6.54 Å². The second kappa shape index (κ2) is 8.13. The van der Waals surface area contributed by atoms with Gasteiger partial charge in [-0.1, -0.05) is 66.2 Å². The molecule has 0 saturated carbocycles. The van der Waals surface area contributed by atoms with Crippen LogP contribution in [0.25, 0.3) is 10.8 Å². The second-order valence-corrected chi connectivity index (χ2v) is 6.47. The van der Waals surface area contributed by atoms with Gasteiger partial charge in [0.2, 0.25) is 0 Å². The summed E-state index contributed by atoms with van der Waals surface area (Å²) in [6.07, 6.45) is 0.910. The summed E-state index contributed by atoms with van der Waals surface area (Å²) in [7, 11) is 0. The molecule has 0 aliphatic rings. The van der Waals surface area contributed by atoms with Gasteiger partial charge in [-0.2, -0.15) is 0 Å². The summed E-state index contributed by atoms with van der Waals surface area (Å²) in [5.41, 5.74) is 2.48. The number of halogens is 1. The Kier molecular flexibility index (Phi) is 5.68. The monoisotopic (exact) mass is 354 g/mol. The van der Waals surface area contributed by atoms with Crippen molar-refractivity contribution in [1.82, 2.24) is 10.6 Å². The van der Waals surface area contributed by atoms with E-state index in [4.69, 9.17) is 23.8 Å². The third-order valence-corrected chi connectivity index (χ3v) is 4.47. The van der Waals surface area contributed by atoms with E-state index in [0.29, 0.717) is 11.7 Å². The quantitative estimate of drug-likeness (QED) is 0.649. The van der Waals surface area contributed by atoms with E-state index >= 15 is 0 Å². The number of thiocarbonyl (C=S) groups is 1. The molecule has 0 atom stereocenters. The van der Waals surface area contributed by atoms with E-state index in [9.17, 15) is 0 Å². The van der Waals surface area contributed by atoms with Gasteiger partial charge in [0.25, 0.3) is 0 Å². The van der Waals surface area contributed by atoms with Crippen LogP contribution >= 0.6 is 23.8 Å². The van der Waals surface area contributed by atoms with Crippen LogP contribution in [-0.4, -0.2) is 11.7 Å². The van der Waals surface area contributed by atoms with Crippen LogP contribution in [0, 0.1) is 0 Å². The molecule has 3 aromatic rings. The molecule has 4 heteroatoms. The number of nitrogens with one attached hydrogen (secondary N) is 2. The predicted octanol–water partition coefficient (Wildman–Crippen LogP) is 4.70. The van der Waals surface area contributed by atoms with Crippen LogP contribution in [0.4, 0.5) is 0 Å². The number of benzene rings is 3. The maximum Gasteiger partial charge on any atom is 0.166 e. The van der Waals surface area contributed by atoms with Crippen LogP contribution in [0.5, 0.6) is 0 Å². The van der Waals surface area contributed by atoms with Crippen molar-refractivity contribution >= 4 is 39.7 Å². The van der Waals surface area contributed by atoms with Gasteiger partial charge in [-0.25, -0.2) is 0 Å². The lowest BCUT2D eigenvalue weighted by molar-refractivity contribution is 0.817. The average molecular weight is 355 g/mol. The van der Waals surface area contributed by atoms with Gasteiger partial charge in [-0.3, -0.25) is 0 Å². The maximum absolute atomic E-state index is 5.89. The highest BCUT2D eigenvalue weighted by Gasteiger charge is 2.01. The van der Waals surface area contributed by atoms with E-state index in [2.05, 4.69) is 53.1 Å². The zero-order chi connectivity index (χ0) is 16.8. The SMILES string of the molecule is S=C(NCCc1ccc(Cl)cc1)NCc1cccc2ccccc12. The fourth-order valence-electron chi connectivity index (χ4n) is 2.66. The van der Waals surface area contributed by atoms with Crippen LogP contribution in [0.1, 0.15) is 11.1 Å². The Hall–Kier alpha value is -2.10. The first-order valence-corrected chi connectivity index (χ1v) is 8.74. The summed E-state index contributed by atoms with van der Waals surface area (Å²) >= 11 is 11.3. The van der Waals surface area contributed by atoms with E-state index in [1.807, 2.05) is 24.3 Å². The Morgan fingerprint density at radius 2 is 1.62 bits per heavy atom. The van der Waals surface area contributed by atoms with Crippen LogP contribution in [0.15, 0.2) is 66.7 Å². The summed E-state index contributed by atoms with van der Waals surface area (Å²) in [4.78, 5) is 0. The molecule has 0 bridgehead atoms. The number of fused-ring (bicyclic) bond motifs is 1. The molecule has 3 rings (SSSR count). The van der Waals surface area contributed by atoms with Crippen LogP contribution in [0.3, 0.4) is 0 Å². The van der Waals surface area contributed by atoms with Gasteiger partial charge in [0.05, 0.1) is 0 Å². The van der Waals surface area contributed by atoms with Gasteiger partial charge in [0.15, 0.2) is 5.11 Å². The average Bonchev–Trinajstić information content (AvgIpc) is 2.61. The molecular formula is C20H19ClN2S. The number of rotatable bonds is 5. The highest BCUT2D eigenvalue weighted by Crippen LogP contribution is 2.18. The second-order valence-electron chi connectivity index (χ2n) is 5.62. The third kappa shape index (κ3) is 4.47. The van der Waals surface area contributed by atoms with Crippen molar-refractivity contribution in [2.45, 2.75) is 13.0 Å². The Balaban J connectivity index is 1.49. The van der Waals surface area contributed by atoms with E-state index in [-0.39, 0.29) is 0 Å².